The van der Waals surface area contributed by atoms with Crippen molar-refractivity contribution in [3.63, 3.8) is 0 Å². The molecule has 1 aromatic rings. The zero-order chi connectivity index (χ0) is 18.0. The molecule has 4 nitrogen and oxygen atoms in total. The van der Waals surface area contributed by atoms with Crippen LogP contribution in [0.3, 0.4) is 0 Å². The van der Waals surface area contributed by atoms with Crippen molar-refractivity contribution in [2.45, 2.75) is 51.0 Å². The second-order valence-corrected chi connectivity index (χ2v) is 6.85. The van der Waals surface area contributed by atoms with E-state index in [0.29, 0.717) is 19.4 Å². The van der Waals surface area contributed by atoms with Gasteiger partial charge in [-0.2, -0.15) is 0 Å². The van der Waals surface area contributed by atoms with Crippen LogP contribution in [0.25, 0.3) is 0 Å². The minimum Gasteiger partial charge on any atom is -0.466 e. The lowest BCUT2D eigenvalue weighted by molar-refractivity contribution is -0.150. The van der Waals surface area contributed by atoms with Gasteiger partial charge >= 0.3 is 5.97 Å². The number of esters is 1. The summed E-state index contributed by atoms with van der Waals surface area (Å²) in [5.74, 6) is -3.18. The third kappa shape index (κ3) is 3.83. The van der Waals surface area contributed by atoms with Gasteiger partial charge < -0.3 is 10.1 Å². The molecule has 1 N–H and O–H groups in total. The van der Waals surface area contributed by atoms with Gasteiger partial charge in [0.2, 0.25) is 5.91 Å². The molecule has 25 heavy (non-hydrogen) atoms. The van der Waals surface area contributed by atoms with Crippen molar-refractivity contribution in [2.75, 3.05) is 6.61 Å². The Morgan fingerprint density at radius 1 is 1.20 bits per heavy atom. The standard InChI is InChI=1S/C19H23F2NO3/c1-2-25-19(24)12-6-3-4-9-16(12)22-18(23)14-10-13(14)11-7-5-8-15(20)17(11)21/h5,7-8,12-14,16H,2-4,6,9-10H2,1H3,(H,22,23)/t12-,13-,14-,16+/m0/s1. The fourth-order valence-electron chi connectivity index (χ4n) is 3.76. The molecule has 0 unspecified atom stereocenters. The van der Waals surface area contributed by atoms with E-state index in [1.54, 1.807) is 6.92 Å². The van der Waals surface area contributed by atoms with Gasteiger partial charge in [-0.1, -0.05) is 25.0 Å². The zero-order valence-corrected chi connectivity index (χ0v) is 14.3. The topological polar surface area (TPSA) is 55.4 Å². The van der Waals surface area contributed by atoms with Gasteiger partial charge in [0.05, 0.1) is 12.5 Å². The monoisotopic (exact) mass is 351 g/mol. The van der Waals surface area contributed by atoms with E-state index < -0.39 is 11.6 Å². The highest BCUT2D eigenvalue weighted by molar-refractivity contribution is 5.84. The predicted octanol–water partition coefficient (Wildman–Crippen LogP) is 3.31. The van der Waals surface area contributed by atoms with Crippen molar-refractivity contribution >= 4 is 11.9 Å². The maximum absolute atomic E-state index is 13.9. The quantitative estimate of drug-likeness (QED) is 0.828. The van der Waals surface area contributed by atoms with Crippen LogP contribution in [-0.2, 0) is 14.3 Å². The minimum atomic E-state index is -0.891. The van der Waals surface area contributed by atoms with Crippen LogP contribution in [-0.4, -0.2) is 24.5 Å². The van der Waals surface area contributed by atoms with Crippen molar-refractivity contribution in [1.29, 1.82) is 0 Å². The third-order valence-corrected chi connectivity index (χ3v) is 5.19. The van der Waals surface area contributed by atoms with E-state index in [1.165, 1.54) is 12.1 Å². The number of carbonyl (C=O) groups excluding carboxylic acids is 2. The first-order valence-corrected chi connectivity index (χ1v) is 8.93. The minimum absolute atomic E-state index is 0.185. The summed E-state index contributed by atoms with van der Waals surface area (Å²) in [5, 5.41) is 2.95. The lowest BCUT2D eigenvalue weighted by atomic mass is 9.84. The molecule has 6 heteroatoms. The summed E-state index contributed by atoms with van der Waals surface area (Å²) in [5.41, 5.74) is 0.255. The molecule has 1 amide bonds. The van der Waals surface area contributed by atoms with E-state index in [-0.39, 0.29) is 41.2 Å². The highest BCUT2D eigenvalue weighted by Gasteiger charge is 2.47. The van der Waals surface area contributed by atoms with Crippen LogP contribution >= 0.6 is 0 Å². The van der Waals surface area contributed by atoms with Gasteiger partial charge in [0.15, 0.2) is 11.6 Å². The SMILES string of the molecule is CCOC(=O)[C@H]1CCCC[C@H]1NC(=O)[C@H]1C[C@H]1c1cccc(F)c1F. The molecule has 0 radical (unpaired) electrons. The van der Waals surface area contributed by atoms with Crippen molar-refractivity contribution in [2.24, 2.45) is 11.8 Å². The van der Waals surface area contributed by atoms with Crippen LogP contribution < -0.4 is 5.32 Å². The summed E-state index contributed by atoms with van der Waals surface area (Å²) in [6, 6.07) is 3.82. The Labute approximate surface area is 145 Å². The smallest absolute Gasteiger partial charge is 0.311 e. The maximum atomic E-state index is 13.9. The predicted molar refractivity (Wildman–Crippen MR) is 87.7 cm³/mol. The molecule has 0 heterocycles. The summed E-state index contributed by atoms with van der Waals surface area (Å²) >= 11 is 0. The van der Waals surface area contributed by atoms with Gasteiger partial charge in [0, 0.05) is 12.0 Å². The number of amides is 1. The Hall–Kier alpha value is -1.98. The van der Waals surface area contributed by atoms with E-state index in [2.05, 4.69) is 5.32 Å². The van der Waals surface area contributed by atoms with Crippen molar-refractivity contribution in [3.05, 3.63) is 35.4 Å². The van der Waals surface area contributed by atoms with Crippen LogP contribution in [0, 0.1) is 23.5 Å². The molecule has 136 valence electrons. The molecule has 0 aromatic heterocycles. The molecular formula is C19H23F2NO3. The molecule has 2 fully saturated rings. The summed E-state index contributed by atoms with van der Waals surface area (Å²) in [7, 11) is 0. The zero-order valence-electron chi connectivity index (χ0n) is 14.3. The highest BCUT2D eigenvalue weighted by Crippen LogP contribution is 2.48. The largest absolute Gasteiger partial charge is 0.466 e. The maximum Gasteiger partial charge on any atom is 0.311 e. The molecule has 1 aromatic carbocycles. The summed E-state index contributed by atoms with van der Waals surface area (Å²) in [6.07, 6.45) is 3.84. The normalized spacial score (nSPS) is 28.3. The summed E-state index contributed by atoms with van der Waals surface area (Å²) in [4.78, 5) is 24.6. The first kappa shape index (κ1) is 17.8. The Bertz CT molecular complexity index is 664. The van der Waals surface area contributed by atoms with E-state index in [9.17, 15) is 18.4 Å². The van der Waals surface area contributed by atoms with Gasteiger partial charge in [-0.15, -0.1) is 0 Å². The van der Waals surface area contributed by atoms with Crippen molar-refractivity contribution < 1.29 is 23.1 Å². The average molecular weight is 351 g/mol. The highest BCUT2D eigenvalue weighted by atomic mass is 19.2. The van der Waals surface area contributed by atoms with E-state index in [0.717, 1.165) is 25.3 Å². The Kier molecular flexibility index (Phi) is 5.35. The van der Waals surface area contributed by atoms with Gasteiger partial charge in [-0.25, -0.2) is 8.78 Å². The van der Waals surface area contributed by atoms with Crippen LogP contribution in [0.2, 0.25) is 0 Å². The molecule has 4 atom stereocenters. The number of benzene rings is 1. The number of hydrogen-bond acceptors (Lipinski definition) is 3. The molecule has 0 saturated heterocycles. The Morgan fingerprint density at radius 3 is 2.72 bits per heavy atom. The number of halogens is 2. The van der Waals surface area contributed by atoms with Gasteiger partial charge in [0.25, 0.3) is 0 Å². The molecule has 0 aliphatic heterocycles. The molecular weight excluding hydrogens is 328 g/mol. The fraction of sp³-hybridized carbons (Fsp3) is 0.579. The van der Waals surface area contributed by atoms with E-state index in [1.807, 2.05) is 0 Å². The molecule has 2 aliphatic rings. The van der Waals surface area contributed by atoms with Gasteiger partial charge in [0.1, 0.15) is 0 Å². The van der Waals surface area contributed by atoms with Gasteiger partial charge in [-0.05, 0) is 43.7 Å². The number of ether oxygens (including phenoxy) is 1. The number of hydrogen-bond donors (Lipinski definition) is 1. The second-order valence-electron chi connectivity index (χ2n) is 6.85. The number of rotatable bonds is 5. The van der Waals surface area contributed by atoms with Crippen LogP contribution in [0.4, 0.5) is 8.78 Å². The molecule has 3 rings (SSSR count). The van der Waals surface area contributed by atoms with Crippen LogP contribution in [0.1, 0.15) is 50.5 Å². The first-order valence-electron chi connectivity index (χ1n) is 8.93. The van der Waals surface area contributed by atoms with E-state index in [4.69, 9.17) is 4.74 Å². The molecule has 0 bridgehead atoms. The van der Waals surface area contributed by atoms with Gasteiger partial charge in [-0.3, -0.25) is 9.59 Å². The Balaban J connectivity index is 1.62. The second kappa shape index (κ2) is 7.50. The first-order chi connectivity index (χ1) is 12.0. The molecule has 0 spiro atoms. The van der Waals surface area contributed by atoms with E-state index >= 15 is 0 Å². The summed E-state index contributed by atoms with van der Waals surface area (Å²) < 4.78 is 32.3. The molecule has 2 aliphatic carbocycles. The number of carbonyl (C=O) groups is 2. The molecule has 2 saturated carbocycles. The lowest BCUT2D eigenvalue weighted by Gasteiger charge is -2.30. The average Bonchev–Trinajstić information content (AvgIpc) is 3.38. The van der Waals surface area contributed by atoms with Crippen molar-refractivity contribution in [1.82, 2.24) is 5.32 Å². The van der Waals surface area contributed by atoms with Crippen molar-refractivity contribution in [3.8, 4) is 0 Å². The van der Waals surface area contributed by atoms with Crippen LogP contribution in [0.5, 0.6) is 0 Å². The summed E-state index contributed by atoms with van der Waals surface area (Å²) in [6.45, 7) is 2.08. The fourth-order valence-corrected chi connectivity index (χ4v) is 3.76. The Morgan fingerprint density at radius 2 is 1.96 bits per heavy atom. The van der Waals surface area contributed by atoms with Crippen LogP contribution in [0.15, 0.2) is 18.2 Å². The number of nitrogens with one attached hydrogen (secondary N) is 1. The lowest BCUT2D eigenvalue weighted by Crippen LogP contribution is -2.46. The third-order valence-electron chi connectivity index (χ3n) is 5.19.